The summed E-state index contributed by atoms with van der Waals surface area (Å²) in [7, 11) is -3.54. The van der Waals surface area contributed by atoms with Gasteiger partial charge in [-0.2, -0.15) is 0 Å². The first kappa shape index (κ1) is 20.4. The molecular formula is C22H31N3O4S. The Morgan fingerprint density at radius 3 is 2.40 bits per heavy atom. The average Bonchev–Trinajstić information content (AvgIpc) is 3.21. The van der Waals surface area contributed by atoms with E-state index in [0.29, 0.717) is 42.8 Å². The van der Waals surface area contributed by atoms with E-state index < -0.39 is 10.0 Å². The SMILES string of the molecule is O=C1CCc2cc(S(=O)(=O)NCC3CCN(C4CCOCC4)CC3)cc3c2N1CC3. The number of sulfonamides is 1. The third kappa shape index (κ3) is 3.90. The summed E-state index contributed by atoms with van der Waals surface area (Å²) in [5.41, 5.74) is 2.95. The van der Waals surface area contributed by atoms with Gasteiger partial charge in [0, 0.05) is 38.8 Å². The number of hydrogen-bond acceptors (Lipinski definition) is 5. The number of benzene rings is 1. The number of nitrogens with one attached hydrogen (secondary N) is 1. The number of ether oxygens (including phenoxy) is 1. The third-order valence-corrected chi connectivity index (χ3v) is 8.66. The molecule has 0 bridgehead atoms. The van der Waals surface area contributed by atoms with Crippen LogP contribution in [0.4, 0.5) is 5.69 Å². The lowest BCUT2D eigenvalue weighted by molar-refractivity contribution is -0.118. The predicted octanol–water partition coefficient (Wildman–Crippen LogP) is 1.69. The van der Waals surface area contributed by atoms with Crippen LogP contribution in [0.3, 0.4) is 0 Å². The number of amides is 1. The van der Waals surface area contributed by atoms with Gasteiger partial charge in [-0.15, -0.1) is 0 Å². The largest absolute Gasteiger partial charge is 0.381 e. The second-order valence-electron chi connectivity index (χ2n) is 9.06. The molecule has 7 nitrogen and oxygen atoms in total. The van der Waals surface area contributed by atoms with Crippen molar-refractivity contribution in [3.63, 3.8) is 0 Å². The molecule has 0 spiro atoms. The Labute approximate surface area is 178 Å². The smallest absolute Gasteiger partial charge is 0.240 e. The monoisotopic (exact) mass is 433 g/mol. The van der Waals surface area contributed by atoms with E-state index in [1.807, 2.05) is 4.90 Å². The molecular weight excluding hydrogens is 402 g/mol. The molecule has 2 saturated heterocycles. The highest BCUT2D eigenvalue weighted by atomic mass is 32.2. The van der Waals surface area contributed by atoms with E-state index in [2.05, 4.69) is 9.62 Å². The first-order valence-electron chi connectivity index (χ1n) is 11.3. The van der Waals surface area contributed by atoms with Gasteiger partial charge in [0.1, 0.15) is 0 Å². The zero-order valence-corrected chi connectivity index (χ0v) is 18.3. The van der Waals surface area contributed by atoms with Gasteiger partial charge in [0.05, 0.1) is 10.6 Å². The van der Waals surface area contributed by atoms with Gasteiger partial charge in [0.2, 0.25) is 15.9 Å². The number of hydrogen-bond donors (Lipinski definition) is 1. The van der Waals surface area contributed by atoms with Crippen LogP contribution in [0.5, 0.6) is 0 Å². The fourth-order valence-corrected chi connectivity index (χ4v) is 6.68. The molecule has 4 heterocycles. The number of rotatable bonds is 5. The molecule has 8 heteroatoms. The molecule has 0 unspecified atom stereocenters. The Morgan fingerprint density at radius 1 is 0.967 bits per heavy atom. The summed E-state index contributed by atoms with van der Waals surface area (Å²) < 4.78 is 34.3. The van der Waals surface area contributed by atoms with Crippen LogP contribution in [0.15, 0.2) is 17.0 Å². The molecule has 1 aromatic rings. The number of anilines is 1. The molecule has 30 heavy (non-hydrogen) atoms. The van der Waals surface area contributed by atoms with Crippen LogP contribution in [0.2, 0.25) is 0 Å². The van der Waals surface area contributed by atoms with Gasteiger partial charge >= 0.3 is 0 Å². The minimum atomic E-state index is -3.54. The molecule has 0 aromatic heterocycles. The van der Waals surface area contributed by atoms with Crippen LogP contribution in [-0.4, -0.2) is 64.7 Å². The van der Waals surface area contributed by atoms with Crippen molar-refractivity contribution in [3.8, 4) is 0 Å². The van der Waals surface area contributed by atoms with Crippen molar-refractivity contribution >= 4 is 21.6 Å². The van der Waals surface area contributed by atoms with Gasteiger partial charge < -0.3 is 14.5 Å². The highest BCUT2D eigenvalue weighted by Gasteiger charge is 2.33. The summed E-state index contributed by atoms with van der Waals surface area (Å²) >= 11 is 0. The van der Waals surface area contributed by atoms with Gasteiger partial charge in [-0.05, 0) is 80.8 Å². The molecule has 0 saturated carbocycles. The van der Waals surface area contributed by atoms with Crippen molar-refractivity contribution in [1.82, 2.24) is 9.62 Å². The van der Waals surface area contributed by atoms with Gasteiger partial charge in [0.25, 0.3) is 0 Å². The van der Waals surface area contributed by atoms with Crippen molar-refractivity contribution in [1.29, 1.82) is 0 Å². The first-order valence-corrected chi connectivity index (χ1v) is 12.8. The van der Waals surface area contributed by atoms with E-state index in [9.17, 15) is 13.2 Å². The van der Waals surface area contributed by atoms with E-state index in [-0.39, 0.29) is 5.91 Å². The summed E-state index contributed by atoms with van der Waals surface area (Å²) in [6.45, 7) is 4.98. The molecule has 4 aliphatic rings. The fourth-order valence-electron chi connectivity index (χ4n) is 5.46. The number of likely N-dealkylation sites (tertiary alicyclic amines) is 1. The number of piperidine rings is 1. The predicted molar refractivity (Wildman–Crippen MR) is 114 cm³/mol. The molecule has 0 radical (unpaired) electrons. The van der Waals surface area contributed by atoms with Crippen LogP contribution < -0.4 is 9.62 Å². The molecule has 164 valence electrons. The lowest BCUT2D eigenvalue weighted by Crippen LogP contribution is -2.45. The number of carbonyl (C=O) groups excluding carboxylic acids is 1. The fraction of sp³-hybridized carbons (Fsp3) is 0.682. The maximum atomic E-state index is 13.0. The number of carbonyl (C=O) groups is 1. The average molecular weight is 434 g/mol. The van der Waals surface area contributed by atoms with Crippen molar-refractivity contribution in [2.45, 2.75) is 55.9 Å². The molecule has 1 amide bonds. The van der Waals surface area contributed by atoms with Crippen molar-refractivity contribution in [3.05, 3.63) is 23.3 Å². The van der Waals surface area contributed by atoms with Crippen LogP contribution in [0.25, 0.3) is 0 Å². The lowest BCUT2D eigenvalue weighted by Gasteiger charge is -2.39. The van der Waals surface area contributed by atoms with E-state index in [1.54, 1.807) is 12.1 Å². The van der Waals surface area contributed by atoms with Crippen LogP contribution in [-0.2, 0) is 32.4 Å². The summed E-state index contributed by atoms with van der Waals surface area (Å²) in [5, 5.41) is 0. The molecule has 1 N–H and O–H groups in total. The van der Waals surface area contributed by atoms with Gasteiger partial charge in [0.15, 0.2) is 0 Å². The number of aryl methyl sites for hydroxylation is 1. The maximum Gasteiger partial charge on any atom is 0.240 e. The Hall–Kier alpha value is -1.48. The summed E-state index contributed by atoms with van der Waals surface area (Å²) in [6, 6.07) is 4.18. The molecule has 1 aromatic carbocycles. The zero-order valence-electron chi connectivity index (χ0n) is 17.4. The van der Waals surface area contributed by atoms with Crippen LogP contribution >= 0.6 is 0 Å². The Kier molecular flexibility index (Phi) is 5.60. The van der Waals surface area contributed by atoms with E-state index >= 15 is 0 Å². The summed E-state index contributed by atoms with van der Waals surface area (Å²) in [5.74, 6) is 0.541. The van der Waals surface area contributed by atoms with Gasteiger partial charge in [-0.1, -0.05) is 0 Å². The zero-order chi connectivity index (χ0) is 20.7. The standard InChI is InChI=1S/C22H31N3O4S/c26-21-2-1-17-13-20(14-18-5-10-25(21)22(17)18)30(27,28)23-15-16-3-8-24(9-4-16)19-6-11-29-12-7-19/h13-14,16,19,23H,1-12,15H2. The van der Waals surface area contributed by atoms with Gasteiger partial charge in [-0.3, -0.25) is 4.79 Å². The molecule has 5 rings (SSSR count). The van der Waals surface area contributed by atoms with Crippen LogP contribution in [0.1, 0.15) is 43.2 Å². The van der Waals surface area contributed by atoms with Crippen LogP contribution in [0, 0.1) is 5.92 Å². The van der Waals surface area contributed by atoms with Crippen molar-refractivity contribution in [2.24, 2.45) is 5.92 Å². The third-order valence-electron chi connectivity index (χ3n) is 7.25. The van der Waals surface area contributed by atoms with Crippen molar-refractivity contribution < 1.29 is 17.9 Å². The normalized spacial score (nSPS) is 23.7. The quantitative estimate of drug-likeness (QED) is 0.765. The van der Waals surface area contributed by atoms with E-state index in [1.165, 1.54) is 0 Å². The number of nitrogens with zero attached hydrogens (tertiary/aromatic N) is 2. The second kappa shape index (κ2) is 8.22. The minimum Gasteiger partial charge on any atom is -0.381 e. The second-order valence-corrected chi connectivity index (χ2v) is 10.8. The van der Waals surface area contributed by atoms with Crippen molar-refractivity contribution in [2.75, 3.05) is 44.3 Å². The molecule has 0 atom stereocenters. The highest BCUT2D eigenvalue weighted by Crippen LogP contribution is 2.38. The topological polar surface area (TPSA) is 79.0 Å². The Bertz CT molecular complexity index is 919. The van der Waals surface area contributed by atoms with Gasteiger partial charge in [-0.25, -0.2) is 13.1 Å². The lowest BCUT2D eigenvalue weighted by atomic mass is 9.94. The Balaban J connectivity index is 1.21. The molecule has 4 aliphatic heterocycles. The van der Waals surface area contributed by atoms with E-state index in [4.69, 9.17) is 4.74 Å². The summed E-state index contributed by atoms with van der Waals surface area (Å²) in [4.78, 5) is 16.8. The highest BCUT2D eigenvalue weighted by molar-refractivity contribution is 7.89. The first-order chi connectivity index (χ1) is 14.5. The molecule has 2 fully saturated rings. The summed E-state index contributed by atoms with van der Waals surface area (Å²) in [6.07, 6.45) is 6.13. The minimum absolute atomic E-state index is 0.155. The molecule has 0 aliphatic carbocycles. The van der Waals surface area contributed by atoms with E-state index in [0.717, 1.165) is 75.2 Å². The maximum absolute atomic E-state index is 13.0. The Morgan fingerprint density at radius 2 is 1.67 bits per heavy atom.